The van der Waals surface area contributed by atoms with Gasteiger partial charge in [0.1, 0.15) is 22.9 Å². The largest absolute Gasteiger partial charge is 0.481 e. The van der Waals surface area contributed by atoms with Crippen molar-refractivity contribution in [2.24, 2.45) is 0 Å². The van der Waals surface area contributed by atoms with Gasteiger partial charge in [-0.2, -0.15) is 0 Å². The monoisotopic (exact) mass is 492 g/mol. The van der Waals surface area contributed by atoms with Crippen LogP contribution in [0, 0.1) is 5.82 Å². The second-order valence-corrected chi connectivity index (χ2v) is 9.47. The van der Waals surface area contributed by atoms with Crippen LogP contribution in [-0.2, 0) is 11.3 Å². The zero-order chi connectivity index (χ0) is 24.8. The van der Waals surface area contributed by atoms with Crippen LogP contribution in [0.25, 0.3) is 22.3 Å². The van der Waals surface area contributed by atoms with Crippen molar-refractivity contribution in [1.29, 1.82) is 0 Å². The molecule has 0 amide bonds. The van der Waals surface area contributed by atoms with Crippen LogP contribution >= 0.6 is 0 Å². The van der Waals surface area contributed by atoms with Crippen molar-refractivity contribution in [2.45, 2.75) is 43.4 Å². The van der Waals surface area contributed by atoms with Crippen molar-refractivity contribution in [1.82, 2.24) is 25.3 Å². The zero-order valence-corrected chi connectivity index (χ0v) is 19.7. The molecule has 2 aliphatic heterocycles. The molecular formula is C25H25FN6O4. The van der Waals surface area contributed by atoms with E-state index in [1.165, 1.54) is 13.3 Å². The van der Waals surface area contributed by atoms with Gasteiger partial charge in [0, 0.05) is 24.7 Å². The first-order valence-corrected chi connectivity index (χ1v) is 11.8. The molecule has 1 saturated carbocycles. The van der Waals surface area contributed by atoms with E-state index in [1.807, 2.05) is 6.07 Å². The molecule has 3 fully saturated rings. The Morgan fingerprint density at radius 3 is 2.64 bits per heavy atom. The molecule has 1 aliphatic carbocycles. The van der Waals surface area contributed by atoms with Gasteiger partial charge in [-0.05, 0) is 43.9 Å². The van der Waals surface area contributed by atoms with Crippen LogP contribution in [0.4, 0.5) is 10.1 Å². The fourth-order valence-electron chi connectivity index (χ4n) is 5.04. The number of fused-ring (bicyclic) bond motifs is 5. The number of nitrogens with one attached hydrogen (secondary N) is 2. The molecule has 186 valence electrons. The Morgan fingerprint density at radius 2 is 1.86 bits per heavy atom. The molecule has 3 aliphatic rings. The zero-order valence-electron chi connectivity index (χ0n) is 19.7. The van der Waals surface area contributed by atoms with Gasteiger partial charge in [0.2, 0.25) is 11.6 Å². The first-order chi connectivity index (χ1) is 17.5. The standard InChI is InChI=1S/C25H25FN6O4/c1-34-19-5-4-17-22(32-19)21(16(26)11-27-17)29-13-25-8-6-24(7-9-25,14-35-25)30-10-15-2-3-18-23(31-15)36-20(33)12-28-18/h2-5,11-12,30H,6-10,13-14H2,1H3,(H,27,29). The lowest BCUT2D eigenvalue weighted by Gasteiger charge is -2.53. The third-order valence-electron chi connectivity index (χ3n) is 7.26. The lowest BCUT2D eigenvalue weighted by Crippen LogP contribution is -2.63. The Kier molecular flexibility index (Phi) is 5.53. The van der Waals surface area contributed by atoms with Gasteiger partial charge >= 0.3 is 5.63 Å². The summed E-state index contributed by atoms with van der Waals surface area (Å²) >= 11 is 0. The van der Waals surface area contributed by atoms with Crippen molar-refractivity contribution in [2.75, 3.05) is 25.6 Å². The van der Waals surface area contributed by atoms with Gasteiger partial charge in [-0.15, -0.1) is 0 Å². The molecule has 0 radical (unpaired) electrons. The van der Waals surface area contributed by atoms with Crippen molar-refractivity contribution in [3.05, 3.63) is 58.6 Å². The number of anilines is 1. The lowest BCUT2D eigenvalue weighted by molar-refractivity contribution is -0.154. The molecule has 36 heavy (non-hydrogen) atoms. The minimum absolute atomic E-state index is 0.155. The summed E-state index contributed by atoms with van der Waals surface area (Å²) in [4.78, 5) is 28.4. The van der Waals surface area contributed by atoms with Gasteiger partial charge in [-0.25, -0.2) is 24.1 Å². The van der Waals surface area contributed by atoms with Crippen LogP contribution in [0.1, 0.15) is 31.4 Å². The van der Waals surface area contributed by atoms with Gasteiger partial charge in [-0.1, -0.05) is 0 Å². The first-order valence-electron chi connectivity index (χ1n) is 11.8. The summed E-state index contributed by atoms with van der Waals surface area (Å²) in [5.41, 5.74) is 1.81. The number of hydrogen-bond donors (Lipinski definition) is 2. The molecule has 2 bridgehead atoms. The predicted molar refractivity (Wildman–Crippen MR) is 129 cm³/mol. The average molecular weight is 493 g/mol. The van der Waals surface area contributed by atoms with E-state index in [4.69, 9.17) is 13.9 Å². The third kappa shape index (κ3) is 4.14. The molecule has 6 heterocycles. The summed E-state index contributed by atoms with van der Waals surface area (Å²) in [7, 11) is 1.52. The lowest BCUT2D eigenvalue weighted by atomic mass is 9.71. The molecular weight excluding hydrogens is 467 g/mol. The maximum atomic E-state index is 14.7. The minimum atomic E-state index is -0.522. The Bertz CT molecular complexity index is 1480. The Hall–Kier alpha value is -3.70. The number of ether oxygens (including phenoxy) is 2. The van der Waals surface area contributed by atoms with E-state index in [9.17, 15) is 9.18 Å². The first kappa shape index (κ1) is 22.7. The van der Waals surface area contributed by atoms with Crippen LogP contribution in [0.2, 0.25) is 0 Å². The van der Waals surface area contributed by atoms with E-state index < -0.39 is 11.4 Å². The molecule has 4 aromatic heterocycles. The topological polar surface area (TPSA) is 124 Å². The van der Waals surface area contributed by atoms with Crippen molar-refractivity contribution >= 4 is 28.0 Å². The molecule has 4 aromatic rings. The van der Waals surface area contributed by atoms with E-state index in [2.05, 4.69) is 30.6 Å². The fourth-order valence-corrected chi connectivity index (χ4v) is 5.04. The summed E-state index contributed by atoms with van der Waals surface area (Å²) in [6.07, 6.45) is 5.85. The van der Waals surface area contributed by atoms with E-state index in [1.54, 1.807) is 18.2 Å². The molecule has 0 aromatic carbocycles. The van der Waals surface area contributed by atoms with E-state index in [0.717, 1.165) is 37.6 Å². The minimum Gasteiger partial charge on any atom is -0.481 e. The number of methoxy groups -OCH3 is 1. The summed E-state index contributed by atoms with van der Waals surface area (Å²) in [6.45, 7) is 1.53. The summed E-state index contributed by atoms with van der Waals surface area (Å²) in [5, 5.41) is 6.87. The highest BCUT2D eigenvalue weighted by atomic mass is 19.1. The third-order valence-corrected chi connectivity index (χ3v) is 7.26. The Morgan fingerprint density at radius 1 is 1.06 bits per heavy atom. The maximum absolute atomic E-state index is 14.7. The SMILES string of the molecule is COc1ccc2ncc(F)c(NCC34CCC(NCc5ccc6ncc(=O)oc6n5)(CC3)CO4)c2n1. The summed E-state index contributed by atoms with van der Waals surface area (Å²) in [6, 6.07) is 7.13. The van der Waals surface area contributed by atoms with E-state index in [-0.39, 0.29) is 16.9 Å². The fraction of sp³-hybridized carbons (Fsp3) is 0.400. The molecule has 0 unspecified atom stereocenters. The van der Waals surface area contributed by atoms with Crippen LogP contribution in [0.5, 0.6) is 5.88 Å². The highest BCUT2D eigenvalue weighted by Crippen LogP contribution is 2.44. The van der Waals surface area contributed by atoms with Gasteiger partial charge in [0.25, 0.3) is 0 Å². The number of halogens is 1. The summed E-state index contributed by atoms with van der Waals surface area (Å²) < 4.78 is 31.4. The van der Waals surface area contributed by atoms with Crippen LogP contribution in [0.15, 0.2) is 45.9 Å². The molecule has 10 nitrogen and oxygen atoms in total. The van der Waals surface area contributed by atoms with E-state index in [0.29, 0.717) is 47.8 Å². The number of pyridine rings is 3. The van der Waals surface area contributed by atoms with Crippen molar-refractivity contribution in [3.8, 4) is 5.88 Å². The highest BCUT2D eigenvalue weighted by molar-refractivity contribution is 5.88. The van der Waals surface area contributed by atoms with E-state index >= 15 is 0 Å². The number of nitrogens with zero attached hydrogens (tertiary/aromatic N) is 4. The molecule has 11 heteroatoms. The molecule has 0 atom stereocenters. The van der Waals surface area contributed by atoms with Crippen LogP contribution in [0.3, 0.4) is 0 Å². The molecule has 2 saturated heterocycles. The van der Waals surface area contributed by atoms with Gasteiger partial charge < -0.3 is 24.5 Å². The number of aromatic nitrogens is 4. The van der Waals surface area contributed by atoms with Crippen molar-refractivity contribution in [3.63, 3.8) is 0 Å². The Labute approximate surface area is 205 Å². The molecule has 0 spiro atoms. The number of hydrogen-bond acceptors (Lipinski definition) is 10. The van der Waals surface area contributed by atoms with Gasteiger partial charge in [0.15, 0.2) is 5.82 Å². The van der Waals surface area contributed by atoms with Crippen LogP contribution < -0.4 is 21.0 Å². The normalized spacial score (nSPS) is 23.3. The molecule has 7 rings (SSSR count). The second-order valence-electron chi connectivity index (χ2n) is 9.47. The van der Waals surface area contributed by atoms with Gasteiger partial charge in [0.05, 0.1) is 36.7 Å². The predicted octanol–water partition coefficient (Wildman–Crippen LogP) is 2.96. The Balaban J connectivity index is 1.12. The number of rotatable bonds is 7. The van der Waals surface area contributed by atoms with Crippen molar-refractivity contribution < 1.29 is 18.3 Å². The average Bonchev–Trinajstić information content (AvgIpc) is 2.92. The summed E-state index contributed by atoms with van der Waals surface area (Å²) in [5.74, 6) is -0.0611. The van der Waals surface area contributed by atoms with Crippen LogP contribution in [-0.4, -0.2) is 51.3 Å². The second kappa shape index (κ2) is 8.75. The highest BCUT2D eigenvalue weighted by Gasteiger charge is 2.49. The van der Waals surface area contributed by atoms with Gasteiger partial charge in [-0.3, -0.25) is 4.98 Å². The quantitative estimate of drug-likeness (QED) is 0.398. The smallest absolute Gasteiger partial charge is 0.356 e. The molecule has 2 N–H and O–H groups in total. The maximum Gasteiger partial charge on any atom is 0.356 e.